The summed E-state index contributed by atoms with van der Waals surface area (Å²) in [6.07, 6.45) is 6.27. The molecule has 1 heterocycles. The van der Waals surface area contributed by atoms with Crippen LogP contribution in [0.5, 0.6) is 11.8 Å². The lowest BCUT2D eigenvalue weighted by molar-refractivity contribution is -0.124. The average Bonchev–Trinajstić information content (AvgIpc) is 2.64. The Morgan fingerprint density at radius 1 is 1.07 bits per heavy atom. The van der Waals surface area contributed by atoms with Gasteiger partial charge < -0.3 is 14.8 Å². The summed E-state index contributed by atoms with van der Waals surface area (Å²) in [5.74, 6) is 0.239. The number of carbonyl (C=O) groups is 1. The SMILES string of the molecule is O=C(COc1ccc(Cl)cc1Cl)NC1CCC(Oc2ncc(Cl)cn2)CC1. The largest absolute Gasteiger partial charge is 0.482 e. The van der Waals surface area contributed by atoms with Crippen LogP contribution >= 0.6 is 34.8 Å². The third-order valence-electron chi connectivity index (χ3n) is 4.16. The molecule has 6 nitrogen and oxygen atoms in total. The molecule has 0 unspecified atom stereocenters. The molecule has 1 amide bonds. The maximum Gasteiger partial charge on any atom is 0.316 e. The van der Waals surface area contributed by atoms with E-state index in [0.717, 1.165) is 25.7 Å². The molecule has 1 aromatic carbocycles. The second-order valence-electron chi connectivity index (χ2n) is 6.21. The summed E-state index contributed by atoms with van der Waals surface area (Å²) in [6, 6.07) is 5.28. The Labute approximate surface area is 172 Å². The highest BCUT2D eigenvalue weighted by Crippen LogP contribution is 2.27. The molecule has 1 aromatic heterocycles. The van der Waals surface area contributed by atoms with E-state index in [0.29, 0.717) is 26.8 Å². The van der Waals surface area contributed by atoms with Crippen LogP contribution in [0.4, 0.5) is 0 Å². The molecular weight excluding hydrogens is 413 g/mol. The summed E-state index contributed by atoms with van der Waals surface area (Å²) in [5.41, 5.74) is 0. The van der Waals surface area contributed by atoms with Gasteiger partial charge in [0, 0.05) is 11.1 Å². The first kappa shape index (κ1) is 20.0. The fourth-order valence-corrected chi connectivity index (χ4v) is 3.40. The van der Waals surface area contributed by atoms with E-state index >= 15 is 0 Å². The summed E-state index contributed by atoms with van der Waals surface area (Å²) in [4.78, 5) is 20.2. The van der Waals surface area contributed by atoms with Gasteiger partial charge in [0.15, 0.2) is 6.61 Å². The van der Waals surface area contributed by atoms with E-state index in [2.05, 4.69) is 15.3 Å². The highest BCUT2D eigenvalue weighted by Gasteiger charge is 2.24. The first-order valence-electron chi connectivity index (χ1n) is 8.51. The van der Waals surface area contributed by atoms with Gasteiger partial charge in [-0.25, -0.2) is 9.97 Å². The van der Waals surface area contributed by atoms with Gasteiger partial charge in [-0.1, -0.05) is 34.8 Å². The molecule has 0 bridgehead atoms. The Morgan fingerprint density at radius 3 is 2.44 bits per heavy atom. The number of benzene rings is 1. The zero-order valence-electron chi connectivity index (χ0n) is 14.3. The van der Waals surface area contributed by atoms with Gasteiger partial charge in [-0.2, -0.15) is 0 Å². The fraction of sp³-hybridized carbons (Fsp3) is 0.389. The van der Waals surface area contributed by atoms with Gasteiger partial charge in [0.2, 0.25) is 0 Å². The highest BCUT2D eigenvalue weighted by molar-refractivity contribution is 6.35. The van der Waals surface area contributed by atoms with E-state index in [1.165, 1.54) is 12.4 Å². The number of halogens is 3. The van der Waals surface area contributed by atoms with Crippen molar-refractivity contribution in [3.05, 3.63) is 45.7 Å². The maximum atomic E-state index is 12.1. The fourth-order valence-electron chi connectivity index (χ4n) is 2.84. The van der Waals surface area contributed by atoms with Gasteiger partial charge in [0.05, 0.1) is 22.4 Å². The number of hydrogen-bond donors (Lipinski definition) is 1. The average molecular weight is 431 g/mol. The topological polar surface area (TPSA) is 73.3 Å². The maximum absolute atomic E-state index is 12.1. The van der Waals surface area contributed by atoms with Gasteiger partial charge in [-0.15, -0.1) is 0 Å². The van der Waals surface area contributed by atoms with E-state index in [1.54, 1.807) is 18.2 Å². The van der Waals surface area contributed by atoms with Crippen LogP contribution in [0.3, 0.4) is 0 Å². The molecule has 0 aliphatic heterocycles. The molecule has 1 saturated carbocycles. The third kappa shape index (κ3) is 6.13. The summed E-state index contributed by atoms with van der Waals surface area (Å²) >= 11 is 17.6. The van der Waals surface area contributed by atoms with Crippen molar-refractivity contribution in [3.63, 3.8) is 0 Å². The van der Waals surface area contributed by atoms with E-state index in [-0.39, 0.29) is 24.7 Å². The minimum atomic E-state index is -0.189. The summed E-state index contributed by atoms with van der Waals surface area (Å²) < 4.78 is 11.2. The molecule has 27 heavy (non-hydrogen) atoms. The number of ether oxygens (including phenoxy) is 2. The van der Waals surface area contributed by atoms with Crippen LogP contribution in [-0.4, -0.2) is 34.6 Å². The number of rotatable bonds is 6. The second kappa shape index (κ2) is 9.44. The predicted octanol–water partition coefficient (Wildman–Crippen LogP) is 4.32. The molecule has 2 aromatic rings. The Balaban J connectivity index is 1.39. The number of hydrogen-bond acceptors (Lipinski definition) is 5. The van der Waals surface area contributed by atoms with Gasteiger partial charge in [0.1, 0.15) is 11.9 Å². The van der Waals surface area contributed by atoms with Crippen LogP contribution in [-0.2, 0) is 4.79 Å². The Kier molecular flexibility index (Phi) is 6.99. The molecule has 0 saturated heterocycles. The minimum Gasteiger partial charge on any atom is -0.482 e. The molecule has 9 heteroatoms. The molecular formula is C18H18Cl3N3O3. The number of aromatic nitrogens is 2. The van der Waals surface area contributed by atoms with Crippen molar-refractivity contribution in [1.29, 1.82) is 0 Å². The normalized spacial score (nSPS) is 19.4. The van der Waals surface area contributed by atoms with Crippen LogP contribution in [0, 0.1) is 0 Å². The van der Waals surface area contributed by atoms with E-state index in [4.69, 9.17) is 44.3 Å². The smallest absolute Gasteiger partial charge is 0.316 e. The quantitative estimate of drug-likeness (QED) is 0.739. The molecule has 3 rings (SSSR count). The Bertz CT molecular complexity index is 781. The molecule has 1 N–H and O–H groups in total. The lowest BCUT2D eigenvalue weighted by atomic mass is 9.93. The molecule has 0 atom stereocenters. The minimum absolute atomic E-state index is 0.0310. The van der Waals surface area contributed by atoms with Crippen molar-refractivity contribution >= 4 is 40.7 Å². The van der Waals surface area contributed by atoms with Gasteiger partial charge in [-0.05, 0) is 43.9 Å². The van der Waals surface area contributed by atoms with Gasteiger partial charge in [-0.3, -0.25) is 4.79 Å². The van der Waals surface area contributed by atoms with Crippen LogP contribution in [0.15, 0.2) is 30.6 Å². The summed E-state index contributed by atoms with van der Waals surface area (Å²) in [7, 11) is 0. The Hall–Kier alpha value is -1.76. The lowest BCUT2D eigenvalue weighted by Crippen LogP contribution is -2.41. The van der Waals surface area contributed by atoms with Crippen LogP contribution < -0.4 is 14.8 Å². The van der Waals surface area contributed by atoms with E-state index in [1.807, 2.05) is 0 Å². The van der Waals surface area contributed by atoms with Crippen molar-refractivity contribution in [2.75, 3.05) is 6.61 Å². The zero-order chi connectivity index (χ0) is 19.2. The van der Waals surface area contributed by atoms with Gasteiger partial charge >= 0.3 is 6.01 Å². The third-order valence-corrected chi connectivity index (χ3v) is 4.89. The molecule has 1 aliphatic carbocycles. The van der Waals surface area contributed by atoms with Crippen molar-refractivity contribution in [3.8, 4) is 11.8 Å². The van der Waals surface area contributed by atoms with Gasteiger partial charge in [0.25, 0.3) is 5.91 Å². The van der Waals surface area contributed by atoms with E-state index in [9.17, 15) is 4.79 Å². The van der Waals surface area contributed by atoms with Crippen LogP contribution in [0.2, 0.25) is 15.1 Å². The van der Waals surface area contributed by atoms with Crippen LogP contribution in [0.25, 0.3) is 0 Å². The standard InChI is InChI=1S/C18H18Cl3N3O3/c19-11-1-6-16(15(21)7-11)26-10-17(25)24-13-2-4-14(5-3-13)27-18-22-8-12(20)9-23-18/h1,6-9,13-14H,2-5,10H2,(H,24,25). The predicted molar refractivity (Wildman–Crippen MR) is 104 cm³/mol. The summed E-state index contributed by atoms with van der Waals surface area (Å²) in [5, 5.41) is 4.33. The monoisotopic (exact) mass is 429 g/mol. The van der Waals surface area contributed by atoms with Crippen molar-refractivity contribution < 1.29 is 14.3 Å². The van der Waals surface area contributed by atoms with Crippen molar-refractivity contribution in [2.24, 2.45) is 0 Å². The molecule has 0 radical (unpaired) electrons. The van der Waals surface area contributed by atoms with E-state index < -0.39 is 0 Å². The number of amides is 1. The molecule has 1 aliphatic rings. The number of carbonyl (C=O) groups excluding carboxylic acids is 1. The first-order chi connectivity index (χ1) is 13.0. The molecule has 144 valence electrons. The van der Waals surface area contributed by atoms with Crippen molar-refractivity contribution in [1.82, 2.24) is 15.3 Å². The lowest BCUT2D eigenvalue weighted by Gasteiger charge is -2.28. The Morgan fingerprint density at radius 2 is 1.78 bits per heavy atom. The first-order valence-corrected chi connectivity index (χ1v) is 9.64. The molecule has 0 spiro atoms. The highest BCUT2D eigenvalue weighted by atomic mass is 35.5. The molecule has 1 fully saturated rings. The second-order valence-corrected chi connectivity index (χ2v) is 7.49. The number of nitrogens with one attached hydrogen (secondary N) is 1. The number of nitrogens with zero attached hydrogens (tertiary/aromatic N) is 2. The zero-order valence-corrected chi connectivity index (χ0v) is 16.6. The van der Waals surface area contributed by atoms with Crippen molar-refractivity contribution in [2.45, 2.75) is 37.8 Å². The van der Waals surface area contributed by atoms with Crippen LogP contribution in [0.1, 0.15) is 25.7 Å². The summed E-state index contributed by atoms with van der Waals surface area (Å²) in [6.45, 7) is -0.101.